The first-order valence-corrected chi connectivity index (χ1v) is 12.5. The maximum atomic E-state index is 13.4. The molecule has 2 N–H and O–H groups in total. The Morgan fingerprint density at radius 1 is 0.703 bits per heavy atom. The first-order chi connectivity index (χ1) is 18.1. The fourth-order valence-corrected chi connectivity index (χ4v) is 4.39. The molecule has 0 saturated carbocycles. The molecule has 1 amide bonds. The van der Waals surface area contributed by atoms with E-state index >= 15 is 0 Å². The molecule has 0 aliphatic rings. The van der Waals surface area contributed by atoms with Crippen LogP contribution >= 0.6 is 0 Å². The van der Waals surface area contributed by atoms with Crippen molar-refractivity contribution in [3.05, 3.63) is 144 Å². The summed E-state index contributed by atoms with van der Waals surface area (Å²) in [6.45, 7) is 2.30. The first-order valence-electron chi connectivity index (χ1n) is 12.5. The van der Waals surface area contributed by atoms with Gasteiger partial charge in [0.1, 0.15) is 18.2 Å². The van der Waals surface area contributed by atoms with Gasteiger partial charge >= 0.3 is 5.97 Å². The lowest BCUT2D eigenvalue weighted by Crippen LogP contribution is -2.48. The number of amides is 1. The molecule has 0 saturated heterocycles. The Kier molecular flexibility index (Phi) is 8.84. The van der Waals surface area contributed by atoms with Crippen molar-refractivity contribution in [1.29, 1.82) is 0 Å². The van der Waals surface area contributed by atoms with Crippen molar-refractivity contribution in [3.63, 3.8) is 0 Å². The maximum Gasteiger partial charge on any atom is 0.323 e. The fourth-order valence-electron chi connectivity index (χ4n) is 4.39. The molecule has 0 aliphatic heterocycles. The van der Waals surface area contributed by atoms with E-state index in [9.17, 15) is 9.59 Å². The zero-order chi connectivity index (χ0) is 25.9. The van der Waals surface area contributed by atoms with Crippen molar-refractivity contribution >= 4 is 11.9 Å². The second-order valence-electron chi connectivity index (χ2n) is 8.92. The van der Waals surface area contributed by atoms with Crippen LogP contribution in [0.2, 0.25) is 0 Å². The van der Waals surface area contributed by atoms with Crippen molar-refractivity contribution in [1.82, 2.24) is 10.6 Å². The van der Waals surface area contributed by atoms with E-state index in [4.69, 9.17) is 4.74 Å². The third-order valence-electron chi connectivity index (χ3n) is 6.33. The van der Waals surface area contributed by atoms with Crippen molar-refractivity contribution in [2.24, 2.45) is 0 Å². The average molecular weight is 493 g/mol. The Morgan fingerprint density at radius 3 is 1.59 bits per heavy atom. The summed E-state index contributed by atoms with van der Waals surface area (Å²) in [6.07, 6.45) is 0.199. The smallest absolute Gasteiger partial charge is 0.323 e. The molecule has 0 fully saturated rings. The van der Waals surface area contributed by atoms with Gasteiger partial charge in [-0.2, -0.15) is 0 Å². The fraction of sp³-hybridized carbons (Fsp3) is 0.188. The normalized spacial score (nSPS) is 11.9. The number of ether oxygens (including phenoxy) is 1. The molecule has 0 radical (unpaired) electrons. The Hall–Kier alpha value is -4.22. The molecule has 4 aromatic rings. The lowest BCUT2D eigenvalue weighted by atomic mass is 9.77. The van der Waals surface area contributed by atoms with Gasteiger partial charge in [-0.05, 0) is 29.2 Å². The highest BCUT2D eigenvalue weighted by molar-refractivity contribution is 5.79. The van der Waals surface area contributed by atoms with Crippen molar-refractivity contribution in [3.8, 4) is 0 Å². The van der Waals surface area contributed by atoms with Gasteiger partial charge in [-0.25, -0.2) is 0 Å². The van der Waals surface area contributed by atoms with Crippen LogP contribution in [0.1, 0.15) is 35.6 Å². The minimum absolute atomic E-state index is 0.131. The predicted molar refractivity (Wildman–Crippen MR) is 146 cm³/mol. The van der Waals surface area contributed by atoms with E-state index in [0.29, 0.717) is 6.54 Å². The van der Waals surface area contributed by atoms with E-state index in [1.165, 1.54) is 0 Å². The Balaban J connectivity index is 1.46. The molecule has 37 heavy (non-hydrogen) atoms. The molecule has 5 heteroatoms. The molecular weight excluding hydrogens is 460 g/mol. The summed E-state index contributed by atoms with van der Waals surface area (Å²) in [4.78, 5) is 25.8. The summed E-state index contributed by atoms with van der Waals surface area (Å²) in [5.41, 5.74) is 2.97. The van der Waals surface area contributed by atoms with Crippen LogP contribution in [0.4, 0.5) is 0 Å². The summed E-state index contributed by atoms with van der Waals surface area (Å²) in [6, 6.07) is 39.0. The minimum atomic E-state index is -0.860. The predicted octanol–water partition coefficient (Wildman–Crippen LogP) is 5.21. The molecular formula is C32H32N2O3. The van der Waals surface area contributed by atoms with Gasteiger partial charge in [-0.1, -0.05) is 121 Å². The van der Waals surface area contributed by atoms with E-state index < -0.39 is 11.6 Å². The molecule has 4 aromatic carbocycles. The molecule has 1 atom stereocenters. The number of nitrogens with one attached hydrogen (secondary N) is 2. The largest absolute Gasteiger partial charge is 0.460 e. The second-order valence-corrected chi connectivity index (χ2v) is 8.92. The van der Waals surface area contributed by atoms with Gasteiger partial charge in [0.15, 0.2) is 0 Å². The van der Waals surface area contributed by atoms with Gasteiger partial charge in [0.2, 0.25) is 5.91 Å². The SMILES string of the molecule is C[C@H](NCCC(=O)NC(c1ccccc1)(c1ccccc1)c1ccccc1)C(=O)OCc1ccccc1. The number of hydrogen-bond acceptors (Lipinski definition) is 4. The Labute approximate surface area is 218 Å². The van der Waals surface area contributed by atoms with Crippen LogP contribution in [0.25, 0.3) is 0 Å². The van der Waals surface area contributed by atoms with Crippen LogP contribution in [0.5, 0.6) is 0 Å². The van der Waals surface area contributed by atoms with Gasteiger partial charge in [0.25, 0.3) is 0 Å². The quantitative estimate of drug-likeness (QED) is 0.223. The zero-order valence-electron chi connectivity index (χ0n) is 21.0. The molecule has 0 heterocycles. The van der Waals surface area contributed by atoms with Crippen molar-refractivity contribution in [2.75, 3.05) is 6.54 Å². The van der Waals surface area contributed by atoms with Gasteiger partial charge in [0.05, 0.1) is 0 Å². The van der Waals surface area contributed by atoms with Crippen LogP contribution in [0.15, 0.2) is 121 Å². The highest BCUT2D eigenvalue weighted by atomic mass is 16.5. The summed E-state index contributed by atoms with van der Waals surface area (Å²) < 4.78 is 5.40. The van der Waals surface area contributed by atoms with E-state index in [1.807, 2.05) is 121 Å². The maximum absolute atomic E-state index is 13.4. The van der Waals surface area contributed by atoms with Gasteiger partial charge < -0.3 is 15.4 Å². The van der Waals surface area contributed by atoms with Crippen molar-refractivity contribution in [2.45, 2.75) is 31.5 Å². The van der Waals surface area contributed by atoms with Crippen LogP contribution in [-0.2, 0) is 26.5 Å². The highest BCUT2D eigenvalue weighted by Gasteiger charge is 2.37. The number of rotatable bonds is 11. The second kappa shape index (κ2) is 12.7. The van der Waals surface area contributed by atoms with E-state index in [1.54, 1.807) is 6.92 Å². The summed E-state index contributed by atoms with van der Waals surface area (Å²) in [5.74, 6) is -0.481. The van der Waals surface area contributed by atoms with Crippen LogP contribution in [0.3, 0.4) is 0 Å². The third-order valence-corrected chi connectivity index (χ3v) is 6.33. The Morgan fingerprint density at radius 2 is 1.14 bits per heavy atom. The summed E-state index contributed by atoms with van der Waals surface area (Å²) >= 11 is 0. The minimum Gasteiger partial charge on any atom is -0.460 e. The molecule has 188 valence electrons. The molecule has 0 aliphatic carbocycles. The lowest BCUT2D eigenvalue weighted by molar-refractivity contribution is -0.147. The van der Waals surface area contributed by atoms with Gasteiger partial charge in [-0.3, -0.25) is 9.59 Å². The summed E-state index contributed by atoms with van der Waals surface area (Å²) in [5, 5.41) is 6.45. The molecule has 4 rings (SSSR count). The monoisotopic (exact) mass is 492 g/mol. The van der Waals surface area contributed by atoms with E-state index in [2.05, 4.69) is 10.6 Å². The molecule has 0 spiro atoms. The van der Waals surface area contributed by atoms with Crippen LogP contribution in [0, 0.1) is 0 Å². The molecule has 0 aromatic heterocycles. The van der Waals surface area contributed by atoms with Crippen molar-refractivity contribution < 1.29 is 14.3 Å². The van der Waals surface area contributed by atoms with Gasteiger partial charge in [0, 0.05) is 13.0 Å². The number of carbonyl (C=O) groups excluding carboxylic acids is 2. The van der Waals surface area contributed by atoms with E-state index in [-0.39, 0.29) is 24.9 Å². The lowest BCUT2D eigenvalue weighted by Gasteiger charge is -2.37. The third kappa shape index (κ3) is 6.51. The zero-order valence-corrected chi connectivity index (χ0v) is 21.0. The topological polar surface area (TPSA) is 67.4 Å². The average Bonchev–Trinajstić information content (AvgIpc) is 2.96. The van der Waals surface area contributed by atoms with Crippen LogP contribution in [-0.4, -0.2) is 24.5 Å². The first kappa shape index (κ1) is 25.9. The van der Waals surface area contributed by atoms with Crippen LogP contribution < -0.4 is 10.6 Å². The number of esters is 1. The molecule has 0 bridgehead atoms. The molecule has 0 unspecified atom stereocenters. The number of carbonyl (C=O) groups is 2. The number of benzene rings is 4. The Bertz CT molecular complexity index is 1170. The number of hydrogen-bond donors (Lipinski definition) is 2. The standard InChI is InChI=1S/C32H32N2O3/c1-25(31(36)37-24-26-14-6-2-7-15-26)33-23-22-30(35)34-32(27-16-8-3-9-17-27,28-18-10-4-11-19-28)29-20-12-5-13-21-29/h2-21,25,33H,22-24H2,1H3,(H,34,35)/t25-/m0/s1. The van der Waals surface area contributed by atoms with Gasteiger partial charge in [-0.15, -0.1) is 0 Å². The molecule has 5 nitrogen and oxygen atoms in total. The summed E-state index contributed by atoms with van der Waals surface area (Å²) in [7, 11) is 0. The van der Waals surface area contributed by atoms with E-state index in [0.717, 1.165) is 22.3 Å². The highest BCUT2D eigenvalue weighted by Crippen LogP contribution is 2.36.